The normalized spacial score (nSPS) is 15.1. The zero-order valence-electron chi connectivity index (χ0n) is 22.8. The number of nitrogens with zero attached hydrogens (tertiary/aromatic N) is 2. The molecule has 38 heavy (non-hydrogen) atoms. The van der Waals surface area contributed by atoms with Gasteiger partial charge in [0.1, 0.15) is 11.1 Å². The van der Waals surface area contributed by atoms with Gasteiger partial charge in [-0.2, -0.15) is 5.26 Å². The molecule has 1 atom stereocenters. The van der Waals surface area contributed by atoms with Crippen LogP contribution >= 0.6 is 11.3 Å². The first-order chi connectivity index (χ1) is 18.2. The quantitative estimate of drug-likeness (QED) is 0.312. The highest BCUT2D eigenvalue weighted by Gasteiger charge is 2.32. The average molecular weight is 530 g/mol. The number of hydrogen-bond donors (Lipinski definition) is 1. The van der Waals surface area contributed by atoms with Gasteiger partial charge in [0.25, 0.3) is 5.91 Å². The number of rotatable bonds is 8. The molecule has 198 valence electrons. The second-order valence-electron chi connectivity index (χ2n) is 10.7. The number of carbonyl (C=O) groups is 1. The fraction of sp³-hybridized carbons (Fsp3) is 0.387. The van der Waals surface area contributed by atoms with Gasteiger partial charge in [0, 0.05) is 16.8 Å². The number of ether oxygens (including phenoxy) is 2. The van der Waals surface area contributed by atoms with Gasteiger partial charge in [0.15, 0.2) is 18.1 Å². The van der Waals surface area contributed by atoms with Gasteiger partial charge >= 0.3 is 0 Å². The van der Waals surface area contributed by atoms with E-state index in [0.717, 1.165) is 41.1 Å². The minimum atomic E-state index is -0.247. The smallest absolute Gasteiger partial charge is 0.262 e. The van der Waals surface area contributed by atoms with E-state index in [0.29, 0.717) is 29.6 Å². The van der Waals surface area contributed by atoms with Crippen LogP contribution in [0.3, 0.4) is 0 Å². The van der Waals surface area contributed by atoms with Crippen molar-refractivity contribution in [3.8, 4) is 17.6 Å². The zero-order chi connectivity index (χ0) is 27.3. The molecular weight excluding hydrogens is 494 g/mol. The number of thiophene rings is 1. The molecule has 0 saturated heterocycles. The van der Waals surface area contributed by atoms with Gasteiger partial charge in [-0.05, 0) is 91.5 Å². The van der Waals surface area contributed by atoms with E-state index in [4.69, 9.17) is 14.5 Å². The third kappa shape index (κ3) is 6.62. The van der Waals surface area contributed by atoms with Crippen molar-refractivity contribution in [2.45, 2.75) is 53.9 Å². The summed E-state index contributed by atoms with van der Waals surface area (Å²) in [5.41, 5.74) is 4.76. The Balaban J connectivity index is 1.47. The van der Waals surface area contributed by atoms with Crippen molar-refractivity contribution in [3.63, 3.8) is 0 Å². The molecule has 0 saturated carbocycles. The number of hydrogen-bond acceptors (Lipinski definition) is 6. The van der Waals surface area contributed by atoms with Crippen molar-refractivity contribution in [3.05, 3.63) is 69.6 Å². The Labute approximate surface area is 229 Å². The molecule has 0 fully saturated rings. The lowest BCUT2D eigenvalue weighted by atomic mass is 9.72. The number of benzene rings is 2. The number of nitrogens with one attached hydrogen (secondary N) is 1. The van der Waals surface area contributed by atoms with E-state index in [9.17, 15) is 10.1 Å². The fourth-order valence-corrected chi connectivity index (χ4v) is 5.93. The molecule has 0 bridgehead atoms. The zero-order valence-corrected chi connectivity index (χ0v) is 23.6. The van der Waals surface area contributed by atoms with Crippen LogP contribution in [0.15, 0.2) is 47.5 Å². The minimum absolute atomic E-state index is 0.136. The largest absolute Gasteiger partial charge is 0.490 e. The highest BCUT2D eigenvalue weighted by Crippen LogP contribution is 2.45. The Morgan fingerprint density at radius 1 is 1.21 bits per heavy atom. The maximum atomic E-state index is 12.4. The number of fused-ring (bicyclic) bond motifs is 1. The number of aliphatic imine (C=N–C) groups is 1. The van der Waals surface area contributed by atoms with Gasteiger partial charge in [-0.15, -0.1) is 11.3 Å². The van der Waals surface area contributed by atoms with E-state index in [1.807, 2.05) is 50.2 Å². The summed E-state index contributed by atoms with van der Waals surface area (Å²) in [6.45, 7) is 11.1. The number of amides is 1. The molecule has 1 aromatic heterocycles. The van der Waals surface area contributed by atoms with Crippen LogP contribution in [0.5, 0.6) is 11.5 Å². The minimum Gasteiger partial charge on any atom is -0.490 e. The van der Waals surface area contributed by atoms with E-state index in [1.54, 1.807) is 23.6 Å². The van der Waals surface area contributed by atoms with Gasteiger partial charge in [0.05, 0.1) is 12.2 Å². The van der Waals surface area contributed by atoms with Crippen LogP contribution in [0.25, 0.3) is 0 Å². The molecule has 0 spiro atoms. The van der Waals surface area contributed by atoms with Crippen molar-refractivity contribution in [2.75, 3.05) is 18.5 Å². The summed E-state index contributed by atoms with van der Waals surface area (Å²) in [6.07, 6.45) is 4.80. The number of anilines is 1. The maximum absolute atomic E-state index is 12.4. The number of aryl methyl sites for hydroxylation is 1. The Hall–Kier alpha value is -3.63. The van der Waals surface area contributed by atoms with Crippen LogP contribution in [0.1, 0.15) is 61.2 Å². The molecule has 3 aromatic rings. The first-order valence-electron chi connectivity index (χ1n) is 13.0. The highest BCUT2D eigenvalue weighted by molar-refractivity contribution is 7.16. The Morgan fingerprint density at radius 2 is 2.03 bits per heavy atom. The lowest BCUT2D eigenvalue weighted by molar-refractivity contribution is -0.118. The van der Waals surface area contributed by atoms with Crippen molar-refractivity contribution in [1.82, 2.24) is 0 Å². The van der Waals surface area contributed by atoms with Crippen molar-refractivity contribution < 1.29 is 14.3 Å². The van der Waals surface area contributed by atoms with Gasteiger partial charge in [0.2, 0.25) is 0 Å². The fourth-order valence-electron chi connectivity index (χ4n) is 4.71. The van der Waals surface area contributed by atoms with Gasteiger partial charge < -0.3 is 14.8 Å². The monoisotopic (exact) mass is 529 g/mol. The molecule has 1 amide bonds. The summed E-state index contributed by atoms with van der Waals surface area (Å²) < 4.78 is 11.6. The van der Waals surface area contributed by atoms with Gasteiger partial charge in [-0.3, -0.25) is 4.79 Å². The van der Waals surface area contributed by atoms with Crippen LogP contribution in [-0.2, 0) is 17.6 Å². The Kier molecular flexibility index (Phi) is 8.53. The van der Waals surface area contributed by atoms with Crippen molar-refractivity contribution in [2.24, 2.45) is 16.3 Å². The number of nitriles is 1. The molecular formula is C31H35N3O3S. The van der Waals surface area contributed by atoms with Crippen molar-refractivity contribution in [1.29, 1.82) is 5.26 Å². The highest BCUT2D eigenvalue weighted by atomic mass is 32.1. The molecule has 1 aliphatic carbocycles. The van der Waals surface area contributed by atoms with Gasteiger partial charge in [-0.1, -0.05) is 32.9 Å². The van der Waals surface area contributed by atoms with Crippen LogP contribution in [-0.4, -0.2) is 25.3 Å². The van der Waals surface area contributed by atoms with E-state index >= 15 is 0 Å². The van der Waals surface area contributed by atoms with E-state index < -0.39 is 0 Å². The second-order valence-corrected chi connectivity index (χ2v) is 11.8. The molecule has 1 N–H and O–H groups in total. The Morgan fingerprint density at radius 3 is 2.74 bits per heavy atom. The van der Waals surface area contributed by atoms with Crippen LogP contribution in [0.2, 0.25) is 0 Å². The maximum Gasteiger partial charge on any atom is 0.262 e. The lowest BCUT2D eigenvalue weighted by Crippen LogP contribution is -2.26. The summed E-state index contributed by atoms with van der Waals surface area (Å²) in [6, 6.07) is 15.5. The average Bonchev–Trinajstić information content (AvgIpc) is 3.23. The lowest BCUT2D eigenvalue weighted by Gasteiger charge is -2.33. The SMILES string of the molecule is CCOc1cc(C=Nc2sc3c(c2C#N)CC[C@H](C(C)(C)C)C3)ccc1OCC(=O)Nc1cccc(C)c1. The molecule has 4 rings (SSSR count). The third-order valence-electron chi connectivity index (χ3n) is 6.84. The predicted octanol–water partition coefficient (Wildman–Crippen LogP) is 7.25. The molecule has 2 aromatic carbocycles. The summed E-state index contributed by atoms with van der Waals surface area (Å²) in [5, 5.41) is 13.5. The molecule has 6 nitrogen and oxygen atoms in total. The third-order valence-corrected chi connectivity index (χ3v) is 8.00. The number of carbonyl (C=O) groups excluding carboxylic acids is 1. The summed E-state index contributed by atoms with van der Waals surface area (Å²) in [4.78, 5) is 18.4. The summed E-state index contributed by atoms with van der Waals surface area (Å²) in [5.74, 6) is 1.39. The molecule has 1 aliphatic rings. The molecule has 0 unspecified atom stereocenters. The van der Waals surface area contributed by atoms with Crippen LogP contribution in [0, 0.1) is 29.6 Å². The topological polar surface area (TPSA) is 83.7 Å². The molecule has 1 heterocycles. The first-order valence-corrected chi connectivity index (χ1v) is 13.8. The molecule has 7 heteroatoms. The molecule has 0 radical (unpaired) electrons. The van der Waals surface area contributed by atoms with E-state index in [2.05, 4.69) is 32.2 Å². The standard InChI is InChI=1S/C31H35N3O3S/c1-6-36-27-15-21(10-13-26(27)37-19-29(35)34-23-9-7-8-20(2)14-23)18-33-30-25(17-32)24-12-11-22(31(3,4)5)16-28(24)38-30/h7-10,13-15,18,22H,6,11-12,16,19H2,1-5H3,(H,34,35)/t22-/m0/s1. The van der Waals surface area contributed by atoms with E-state index in [1.165, 1.54) is 10.4 Å². The van der Waals surface area contributed by atoms with Crippen LogP contribution < -0.4 is 14.8 Å². The van der Waals surface area contributed by atoms with Crippen LogP contribution in [0.4, 0.5) is 10.7 Å². The predicted molar refractivity (Wildman–Crippen MR) is 154 cm³/mol. The summed E-state index contributed by atoms with van der Waals surface area (Å²) in [7, 11) is 0. The van der Waals surface area contributed by atoms with E-state index in [-0.39, 0.29) is 17.9 Å². The summed E-state index contributed by atoms with van der Waals surface area (Å²) >= 11 is 1.64. The molecule has 0 aliphatic heterocycles. The Bertz CT molecular complexity index is 1380. The second kappa shape index (κ2) is 11.8. The van der Waals surface area contributed by atoms with Gasteiger partial charge in [-0.25, -0.2) is 4.99 Å². The first kappa shape index (κ1) is 27.4. The van der Waals surface area contributed by atoms with Crippen molar-refractivity contribution >= 4 is 34.1 Å².